The van der Waals surface area contributed by atoms with Crippen molar-refractivity contribution in [2.45, 2.75) is 13.5 Å². The van der Waals surface area contributed by atoms with Crippen LogP contribution in [0.2, 0.25) is 0 Å². The maximum atomic E-state index is 13.9. The molecule has 3 nitrogen and oxygen atoms in total. The van der Waals surface area contributed by atoms with Crippen molar-refractivity contribution in [3.05, 3.63) is 65.2 Å². The van der Waals surface area contributed by atoms with E-state index < -0.39 is 18.2 Å². The monoisotopic (exact) mass is 301 g/mol. The Kier molecular flexibility index (Phi) is 3.73. The highest BCUT2D eigenvalue weighted by Gasteiger charge is 2.23. The molecule has 0 saturated heterocycles. The van der Waals surface area contributed by atoms with Crippen molar-refractivity contribution in [1.82, 2.24) is 5.16 Å². The van der Waals surface area contributed by atoms with Gasteiger partial charge in [-0.25, -0.2) is 8.78 Å². The van der Waals surface area contributed by atoms with Gasteiger partial charge < -0.3 is 9.63 Å². The molecule has 0 fully saturated rings. The average Bonchev–Trinajstić information content (AvgIpc) is 2.91. The number of rotatable bonds is 3. The zero-order valence-electron chi connectivity index (χ0n) is 11.8. The number of hydrogen-bond donors (Lipinski definition) is 1. The summed E-state index contributed by atoms with van der Waals surface area (Å²) in [6, 6.07) is 10.9. The molecule has 0 spiro atoms. The van der Waals surface area contributed by atoms with E-state index in [4.69, 9.17) is 4.52 Å². The third kappa shape index (κ3) is 2.29. The lowest BCUT2D eigenvalue weighted by Gasteiger charge is -2.05. The van der Waals surface area contributed by atoms with Crippen LogP contribution in [0.15, 0.2) is 47.0 Å². The van der Waals surface area contributed by atoms with Gasteiger partial charge in [-0.15, -0.1) is 0 Å². The molecule has 0 atom stereocenters. The van der Waals surface area contributed by atoms with Crippen LogP contribution >= 0.6 is 0 Å². The lowest BCUT2D eigenvalue weighted by Crippen LogP contribution is -1.95. The summed E-state index contributed by atoms with van der Waals surface area (Å²) in [5.41, 5.74) is 1.58. The van der Waals surface area contributed by atoms with Gasteiger partial charge in [-0.1, -0.05) is 35.5 Å². The Morgan fingerprint density at radius 3 is 2.36 bits per heavy atom. The first-order valence-corrected chi connectivity index (χ1v) is 6.73. The molecule has 0 bridgehead atoms. The van der Waals surface area contributed by atoms with Crippen molar-refractivity contribution in [2.75, 3.05) is 0 Å². The van der Waals surface area contributed by atoms with Crippen LogP contribution in [0.1, 0.15) is 11.1 Å². The van der Waals surface area contributed by atoms with E-state index in [1.807, 2.05) is 25.1 Å². The molecule has 0 aliphatic carbocycles. The number of hydrogen-bond acceptors (Lipinski definition) is 3. The zero-order chi connectivity index (χ0) is 15.7. The Morgan fingerprint density at radius 1 is 1.05 bits per heavy atom. The summed E-state index contributed by atoms with van der Waals surface area (Å²) in [6.07, 6.45) is 0. The molecule has 1 heterocycles. The molecule has 0 aliphatic rings. The van der Waals surface area contributed by atoms with E-state index >= 15 is 0 Å². The van der Waals surface area contributed by atoms with Gasteiger partial charge in [0.05, 0.1) is 17.7 Å². The van der Waals surface area contributed by atoms with Crippen LogP contribution in [0.4, 0.5) is 8.78 Å². The predicted molar refractivity (Wildman–Crippen MR) is 78.0 cm³/mol. The summed E-state index contributed by atoms with van der Waals surface area (Å²) in [7, 11) is 0. The second-order valence-electron chi connectivity index (χ2n) is 4.91. The molecule has 0 unspecified atom stereocenters. The summed E-state index contributed by atoms with van der Waals surface area (Å²) in [4.78, 5) is 0. The molecule has 0 aliphatic heterocycles. The maximum Gasteiger partial charge on any atom is 0.173 e. The first-order valence-electron chi connectivity index (χ1n) is 6.73. The van der Waals surface area contributed by atoms with E-state index in [0.29, 0.717) is 5.76 Å². The second-order valence-corrected chi connectivity index (χ2v) is 4.91. The predicted octanol–water partition coefficient (Wildman–Crippen LogP) is 4.09. The van der Waals surface area contributed by atoms with Crippen molar-refractivity contribution >= 4 is 0 Å². The third-order valence-corrected chi connectivity index (χ3v) is 3.54. The van der Waals surface area contributed by atoms with Crippen molar-refractivity contribution in [2.24, 2.45) is 0 Å². The number of aromatic nitrogens is 1. The fraction of sp³-hybridized carbons (Fsp3) is 0.118. The van der Waals surface area contributed by atoms with E-state index in [1.165, 1.54) is 6.07 Å². The molecule has 3 rings (SSSR count). The van der Waals surface area contributed by atoms with Crippen molar-refractivity contribution in [1.29, 1.82) is 0 Å². The molecule has 0 saturated carbocycles. The van der Waals surface area contributed by atoms with Gasteiger partial charge in [-0.3, -0.25) is 0 Å². The fourth-order valence-corrected chi connectivity index (χ4v) is 2.42. The summed E-state index contributed by atoms with van der Waals surface area (Å²) in [5.74, 6) is -1.18. The molecule has 22 heavy (non-hydrogen) atoms. The number of aliphatic hydroxyl groups excluding tert-OH is 1. The van der Waals surface area contributed by atoms with Gasteiger partial charge in [-0.05, 0) is 24.6 Å². The Labute approximate surface area is 125 Å². The smallest absolute Gasteiger partial charge is 0.173 e. The molecular weight excluding hydrogens is 288 g/mol. The van der Waals surface area contributed by atoms with Gasteiger partial charge in [0, 0.05) is 5.56 Å². The van der Waals surface area contributed by atoms with Gasteiger partial charge >= 0.3 is 0 Å². The average molecular weight is 301 g/mol. The SMILES string of the molecule is Cc1ccccc1-c1onc(-c2c(F)cccc2F)c1CO. The Hall–Kier alpha value is -2.53. The van der Waals surface area contributed by atoms with Gasteiger partial charge in [0.2, 0.25) is 0 Å². The standard InChI is InChI=1S/C17H13F2NO2/c1-10-5-2-3-6-11(10)17-12(9-21)16(20-22-17)15-13(18)7-4-8-14(15)19/h2-8,21H,9H2,1H3. The molecule has 112 valence electrons. The molecular formula is C17H13F2NO2. The maximum absolute atomic E-state index is 13.9. The third-order valence-electron chi connectivity index (χ3n) is 3.54. The Morgan fingerprint density at radius 2 is 1.73 bits per heavy atom. The largest absolute Gasteiger partial charge is 0.391 e. The number of benzene rings is 2. The van der Waals surface area contributed by atoms with Crippen LogP contribution in [0.3, 0.4) is 0 Å². The van der Waals surface area contributed by atoms with Crippen LogP contribution in [0.25, 0.3) is 22.6 Å². The number of aliphatic hydroxyl groups is 1. The summed E-state index contributed by atoms with van der Waals surface area (Å²) < 4.78 is 33.2. The van der Waals surface area contributed by atoms with Gasteiger partial charge in [0.15, 0.2) is 5.76 Å². The van der Waals surface area contributed by atoms with E-state index in [0.717, 1.165) is 23.3 Å². The van der Waals surface area contributed by atoms with Crippen LogP contribution in [-0.4, -0.2) is 10.3 Å². The Bertz CT molecular complexity index is 807. The zero-order valence-corrected chi connectivity index (χ0v) is 11.8. The summed E-state index contributed by atoms with van der Waals surface area (Å²) >= 11 is 0. The topological polar surface area (TPSA) is 46.3 Å². The lowest BCUT2D eigenvalue weighted by molar-refractivity contribution is 0.281. The second kappa shape index (κ2) is 5.69. The summed E-state index contributed by atoms with van der Waals surface area (Å²) in [6.45, 7) is 1.44. The van der Waals surface area contributed by atoms with Crippen molar-refractivity contribution in [3.63, 3.8) is 0 Å². The van der Waals surface area contributed by atoms with E-state index in [2.05, 4.69) is 5.16 Å². The molecule has 0 radical (unpaired) electrons. The molecule has 5 heteroatoms. The number of aryl methyl sites for hydroxylation is 1. The van der Waals surface area contributed by atoms with Crippen molar-refractivity contribution < 1.29 is 18.4 Å². The minimum atomic E-state index is -0.751. The van der Waals surface area contributed by atoms with Crippen LogP contribution in [-0.2, 0) is 6.61 Å². The highest BCUT2D eigenvalue weighted by molar-refractivity contribution is 5.74. The highest BCUT2D eigenvalue weighted by atomic mass is 19.1. The number of halogens is 2. The molecule has 1 N–H and O–H groups in total. The van der Waals surface area contributed by atoms with Gasteiger partial charge in [-0.2, -0.15) is 0 Å². The van der Waals surface area contributed by atoms with Gasteiger partial charge in [0.25, 0.3) is 0 Å². The van der Waals surface area contributed by atoms with E-state index in [1.54, 1.807) is 6.07 Å². The van der Waals surface area contributed by atoms with Gasteiger partial charge in [0.1, 0.15) is 17.3 Å². The van der Waals surface area contributed by atoms with Crippen LogP contribution < -0.4 is 0 Å². The van der Waals surface area contributed by atoms with Crippen LogP contribution in [0.5, 0.6) is 0 Å². The normalized spacial score (nSPS) is 10.9. The molecule has 3 aromatic rings. The number of nitrogens with zero attached hydrogens (tertiary/aromatic N) is 1. The first-order chi connectivity index (χ1) is 10.6. The Balaban J connectivity index is 2.23. The first kappa shape index (κ1) is 14.4. The highest BCUT2D eigenvalue weighted by Crippen LogP contribution is 2.35. The molecule has 2 aromatic carbocycles. The van der Waals surface area contributed by atoms with Crippen LogP contribution in [0, 0.1) is 18.6 Å². The lowest BCUT2D eigenvalue weighted by atomic mass is 9.99. The minimum Gasteiger partial charge on any atom is -0.391 e. The molecule has 0 amide bonds. The van der Waals surface area contributed by atoms with E-state index in [-0.39, 0.29) is 16.8 Å². The quantitative estimate of drug-likeness (QED) is 0.792. The summed E-state index contributed by atoms with van der Waals surface area (Å²) in [5, 5.41) is 13.4. The molecule has 1 aromatic heterocycles. The van der Waals surface area contributed by atoms with E-state index in [9.17, 15) is 13.9 Å². The van der Waals surface area contributed by atoms with Crippen molar-refractivity contribution in [3.8, 4) is 22.6 Å². The minimum absolute atomic E-state index is 0.0173. The fourth-order valence-electron chi connectivity index (χ4n) is 2.42.